The van der Waals surface area contributed by atoms with Crippen LogP contribution in [0.5, 0.6) is 0 Å². The Balaban J connectivity index is 2.18. The summed E-state index contributed by atoms with van der Waals surface area (Å²) in [5, 5.41) is 5.22. The number of aromatic nitrogens is 2. The zero-order chi connectivity index (χ0) is 10.7. The van der Waals surface area contributed by atoms with Gasteiger partial charge in [-0.3, -0.25) is 4.68 Å². The van der Waals surface area contributed by atoms with Gasteiger partial charge in [-0.15, -0.1) is 0 Å². The van der Waals surface area contributed by atoms with E-state index in [1.165, 1.54) is 0 Å². The van der Waals surface area contributed by atoms with Crippen LogP contribution < -0.4 is 0 Å². The minimum Gasteiger partial charge on any atom is -0.268 e. The monoisotopic (exact) mass is 220 g/mol. The molecule has 0 saturated heterocycles. The number of benzene rings is 1. The Kier molecular flexibility index (Phi) is 3.07. The molecule has 15 heavy (non-hydrogen) atoms. The fraction of sp³-hybridized carbons (Fsp3) is 0.250. The normalized spacial score (nSPS) is 10.5. The van der Waals surface area contributed by atoms with E-state index in [-0.39, 0.29) is 0 Å². The van der Waals surface area contributed by atoms with Crippen LogP contribution in [0.3, 0.4) is 0 Å². The van der Waals surface area contributed by atoms with Gasteiger partial charge in [0.25, 0.3) is 0 Å². The van der Waals surface area contributed by atoms with E-state index >= 15 is 0 Å². The van der Waals surface area contributed by atoms with Crippen molar-refractivity contribution in [2.24, 2.45) is 0 Å². The van der Waals surface area contributed by atoms with Crippen LogP contribution in [-0.4, -0.2) is 9.78 Å². The molecule has 1 aromatic heterocycles. The van der Waals surface area contributed by atoms with Crippen molar-refractivity contribution in [1.29, 1.82) is 0 Å². The Morgan fingerprint density at radius 3 is 2.73 bits per heavy atom. The molecule has 0 atom stereocenters. The van der Waals surface area contributed by atoms with Gasteiger partial charge < -0.3 is 0 Å². The summed E-state index contributed by atoms with van der Waals surface area (Å²) in [7, 11) is 0. The highest BCUT2D eigenvalue weighted by Crippen LogP contribution is 2.15. The molecule has 78 valence electrons. The second-order valence-corrected chi connectivity index (χ2v) is 3.86. The van der Waals surface area contributed by atoms with Gasteiger partial charge in [0.2, 0.25) is 0 Å². The average Bonchev–Trinajstić information content (AvgIpc) is 2.69. The maximum absolute atomic E-state index is 6.07. The average molecular weight is 221 g/mol. The predicted molar refractivity (Wildman–Crippen MR) is 62.2 cm³/mol. The zero-order valence-corrected chi connectivity index (χ0v) is 9.41. The van der Waals surface area contributed by atoms with E-state index in [2.05, 4.69) is 12.0 Å². The van der Waals surface area contributed by atoms with Crippen molar-refractivity contribution in [1.82, 2.24) is 9.78 Å². The summed E-state index contributed by atoms with van der Waals surface area (Å²) in [5.74, 6) is 0. The van der Waals surface area contributed by atoms with Gasteiger partial charge in [0.1, 0.15) is 0 Å². The Morgan fingerprint density at radius 2 is 2.07 bits per heavy atom. The van der Waals surface area contributed by atoms with Crippen molar-refractivity contribution in [3.05, 3.63) is 52.8 Å². The lowest BCUT2D eigenvalue weighted by Gasteiger charge is -2.03. The Hall–Kier alpha value is -1.28. The lowest BCUT2D eigenvalue weighted by molar-refractivity contribution is 0.673. The lowest BCUT2D eigenvalue weighted by atomic mass is 10.2. The van der Waals surface area contributed by atoms with Gasteiger partial charge in [-0.1, -0.05) is 36.7 Å². The molecular formula is C12H13ClN2. The van der Waals surface area contributed by atoms with Crippen LogP contribution in [0.4, 0.5) is 0 Å². The van der Waals surface area contributed by atoms with E-state index in [0.29, 0.717) is 0 Å². The molecule has 0 N–H and O–H groups in total. The summed E-state index contributed by atoms with van der Waals surface area (Å²) in [6.45, 7) is 2.84. The lowest BCUT2D eigenvalue weighted by Crippen LogP contribution is -2.01. The topological polar surface area (TPSA) is 17.8 Å². The van der Waals surface area contributed by atoms with Crippen LogP contribution in [0.15, 0.2) is 36.5 Å². The summed E-state index contributed by atoms with van der Waals surface area (Å²) in [6, 6.07) is 9.89. The fourth-order valence-electron chi connectivity index (χ4n) is 1.48. The number of halogens is 1. The van der Waals surface area contributed by atoms with Crippen LogP contribution in [0, 0.1) is 0 Å². The van der Waals surface area contributed by atoms with Gasteiger partial charge in [0.15, 0.2) is 0 Å². The molecule has 0 radical (unpaired) electrons. The summed E-state index contributed by atoms with van der Waals surface area (Å²) in [4.78, 5) is 0. The molecule has 0 saturated carbocycles. The van der Waals surface area contributed by atoms with Crippen LogP contribution in [0.2, 0.25) is 5.02 Å². The zero-order valence-electron chi connectivity index (χ0n) is 8.65. The molecule has 2 aromatic rings. The highest BCUT2D eigenvalue weighted by atomic mass is 35.5. The molecular weight excluding hydrogens is 208 g/mol. The molecule has 0 bridgehead atoms. The number of hydrogen-bond acceptors (Lipinski definition) is 1. The molecule has 0 aliphatic heterocycles. The highest BCUT2D eigenvalue weighted by Gasteiger charge is 2.01. The minimum absolute atomic E-state index is 0.736. The molecule has 3 heteroatoms. The van der Waals surface area contributed by atoms with E-state index in [0.717, 1.165) is 29.2 Å². The molecule has 0 unspecified atom stereocenters. The van der Waals surface area contributed by atoms with E-state index in [4.69, 9.17) is 11.6 Å². The first-order valence-electron chi connectivity index (χ1n) is 5.05. The molecule has 2 nitrogen and oxygen atoms in total. The first-order chi connectivity index (χ1) is 7.29. The van der Waals surface area contributed by atoms with Gasteiger partial charge in [0.05, 0.1) is 12.2 Å². The summed E-state index contributed by atoms with van der Waals surface area (Å²) < 4.78 is 1.92. The van der Waals surface area contributed by atoms with E-state index in [1.807, 2.05) is 41.2 Å². The smallest absolute Gasteiger partial charge is 0.0673 e. The molecule has 0 aliphatic rings. The van der Waals surface area contributed by atoms with E-state index < -0.39 is 0 Å². The van der Waals surface area contributed by atoms with Crippen molar-refractivity contribution in [3.63, 3.8) is 0 Å². The number of aryl methyl sites for hydroxylation is 1. The SMILES string of the molecule is CCc1ccn(Cc2ccccc2Cl)n1. The largest absolute Gasteiger partial charge is 0.268 e. The second kappa shape index (κ2) is 4.49. The molecule has 0 aliphatic carbocycles. The first-order valence-corrected chi connectivity index (χ1v) is 5.43. The van der Waals surface area contributed by atoms with E-state index in [9.17, 15) is 0 Å². The van der Waals surface area contributed by atoms with Crippen LogP contribution in [0.25, 0.3) is 0 Å². The third-order valence-corrected chi connectivity index (χ3v) is 2.72. The standard InChI is InChI=1S/C12H13ClN2/c1-2-11-7-8-15(14-11)9-10-5-3-4-6-12(10)13/h3-8H,2,9H2,1H3. The van der Waals surface area contributed by atoms with Crippen molar-refractivity contribution in [2.75, 3.05) is 0 Å². The predicted octanol–water partition coefficient (Wildman–Crippen LogP) is 3.15. The number of hydrogen-bond donors (Lipinski definition) is 0. The van der Waals surface area contributed by atoms with Gasteiger partial charge in [0, 0.05) is 11.2 Å². The first kappa shape index (κ1) is 10.2. The minimum atomic E-state index is 0.736. The number of nitrogens with zero attached hydrogens (tertiary/aromatic N) is 2. The van der Waals surface area contributed by atoms with Crippen LogP contribution in [-0.2, 0) is 13.0 Å². The summed E-state index contributed by atoms with van der Waals surface area (Å²) in [6.07, 6.45) is 2.96. The third-order valence-electron chi connectivity index (χ3n) is 2.35. The molecule has 0 amide bonds. The maximum atomic E-state index is 6.07. The third kappa shape index (κ3) is 2.39. The molecule has 1 aromatic carbocycles. The number of rotatable bonds is 3. The van der Waals surface area contributed by atoms with Gasteiger partial charge in [-0.05, 0) is 24.1 Å². The van der Waals surface area contributed by atoms with Crippen molar-refractivity contribution in [2.45, 2.75) is 19.9 Å². The Morgan fingerprint density at radius 1 is 1.27 bits per heavy atom. The quantitative estimate of drug-likeness (QED) is 0.777. The molecule has 0 fully saturated rings. The summed E-state index contributed by atoms with van der Waals surface area (Å²) >= 11 is 6.07. The van der Waals surface area contributed by atoms with Crippen molar-refractivity contribution >= 4 is 11.6 Å². The summed E-state index contributed by atoms with van der Waals surface area (Å²) in [5.41, 5.74) is 2.21. The van der Waals surface area contributed by atoms with Crippen molar-refractivity contribution < 1.29 is 0 Å². The molecule has 2 rings (SSSR count). The Labute approximate surface area is 94.5 Å². The second-order valence-electron chi connectivity index (χ2n) is 3.45. The van der Waals surface area contributed by atoms with Gasteiger partial charge in [-0.2, -0.15) is 5.10 Å². The van der Waals surface area contributed by atoms with Gasteiger partial charge in [-0.25, -0.2) is 0 Å². The molecule has 0 spiro atoms. The van der Waals surface area contributed by atoms with Crippen LogP contribution in [0.1, 0.15) is 18.2 Å². The fourth-order valence-corrected chi connectivity index (χ4v) is 1.68. The molecule has 1 heterocycles. The Bertz CT molecular complexity index is 448. The van der Waals surface area contributed by atoms with Gasteiger partial charge >= 0.3 is 0 Å². The van der Waals surface area contributed by atoms with Crippen molar-refractivity contribution in [3.8, 4) is 0 Å². The maximum Gasteiger partial charge on any atom is 0.0673 e. The van der Waals surface area contributed by atoms with Crippen LogP contribution >= 0.6 is 11.6 Å². The van der Waals surface area contributed by atoms with E-state index in [1.54, 1.807) is 0 Å². The highest BCUT2D eigenvalue weighted by molar-refractivity contribution is 6.31.